The Morgan fingerprint density at radius 3 is 1.84 bits per heavy atom. The van der Waals surface area contributed by atoms with Crippen molar-refractivity contribution in [2.45, 2.75) is 0 Å². The highest BCUT2D eigenvalue weighted by atomic mass is 31.2. The van der Waals surface area contributed by atoms with Gasteiger partial charge in [0.1, 0.15) is 11.5 Å². The molecule has 0 aromatic heterocycles. The summed E-state index contributed by atoms with van der Waals surface area (Å²) >= 11 is 0. The van der Waals surface area contributed by atoms with Crippen LogP contribution in [0, 0.1) is 0 Å². The van der Waals surface area contributed by atoms with E-state index in [0.717, 1.165) is 5.75 Å². The summed E-state index contributed by atoms with van der Waals surface area (Å²) in [5.74, 6) is 1.41. The molecule has 0 spiro atoms. The third-order valence-corrected chi connectivity index (χ3v) is 4.50. The normalized spacial score (nSPS) is 11.3. The Morgan fingerprint density at radius 2 is 1.32 bits per heavy atom. The summed E-state index contributed by atoms with van der Waals surface area (Å²) in [4.78, 5) is 0. The lowest BCUT2D eigenvalue weighted by molar-refractivity contribution is 0.287. The second kappa shape index (κ2) is 6.02. The minimum Gasteiger partial charge on any atom is -0.457 e. The minimum atomic E-state index is -3.19. The van der Waals surface area contributed by atoms with E-state index in [-0.39, 0.29) is 0 Å². The Bertz CT molecular complexity index is 558. The van der Waals surface area contributed by atoms with Crippen LogP contribution in [0.25, 0.3) is 0 Å². The van der Waals surface area contributed by atoms with Gasteiger partial charge in [-0.15, -0.1) is 0 Å². The van der Waals surface area contributed by atoms with Crippen LogP contribution < -0.4 is 10.0 Å². The second-order valence-electron chi connectivity index (χ2n) is 3.77. The summed E-state index contributed by atoms with van der Waals surface area (Å²) in [7, 11) is -0.472. The fraction of sp³-hybridized carbons (Fsp3) is 0.143. The fourth-order valence-electron chi connectivity index (χ4n) is 1.61. The highest BCUT2D eigenvalue weighted by Gasteiger charge is 2.23. The third kappa shape index (κ3) is 3.24. The SMILES string of the molecule is COP(=O)(OC)c1ccc(Oc2ccccc2)cc1. The van der Waals surface area contributed by atoms with Crippen LogP contribution in [0.2, 0.25) is 0 Å². The lowest BCUT2D eigenvalue weighted by Crippen LogP contribution is -2.07. The van der Waals surface area contributed by atoms with Gasteiger partial charge in [-0.3, -0.25) is 4.57 Å². The van der Waals surface area contributed by atoms with Crippen molar-refractivity contribution < 1.29 is 18.3 Å². The summed E-state index contributed by atoms with van der Waals surface area (Å²) in [6, 6.07) is 16.2. The van der Waals surface area contributed by atoms with E-state index in [4.69, 9.17) is 13.8 Å². The largest absolute Gasteiger partial charge is 0.457 e. The smallest absolute Gasteiger partial charge is 0.360 e. The molecule has 0 N–H and O–H groups in total. The summed E-state index contributed by atoms with van der Waals surface area (Å²) in [5, 5.41) is 0.498. The molecule has 0 aliphatic carbocycles. The van der Waals surface area contributed by atoms with Crippen LogP contribution in [-0.4, -0.2) is 14.2 Å². The molecule has 0 heterocycles. The van der Waals surface area contributed by atoms with Gasteiger partial charge in [0.2, 0.25) is 0 Å². The molecule has 0 radical (unpaired) electrons. The first kappa shape index (κ1) is 13.8. The van der Waals surface area contributed by atoms with Gasteiger partial charge in [-0.25, -0.2) is 0 Å². The van der Waals surface area contributed by atoms with E-state index in [1.807, 2.05) is 30.3 Å². The summed E-state index contributed by atoms with van der Waals surface area (Å²) in [5.41, 5.74) is 0. The van der Waals surface area contributed by atoms with Gasteiger partial charge in [0, 0.05) is 14.2 Å². The van der Waals surface area contributed by atoms with Gasteiger partial charge < -0.3 is 13.8 Å². The standard InChI is InChI=1S/C14H15O4P/c1-16-19(15,17-2)14-10-8-13(9-11-14)18-12-6-4-3-5-7-12/h3-11H,1-2H3. The van der Waals surface area contributed by atoms with E-state index in [9.17, 15) is 4.57 Å². The number of para-hydroxylation sites is 1. The molecule has 0 saturated carbocycles. The zero-order valence-electron chi connectivity index (χ0n) is 10.8. The monoisotopic (exact) mass is 278 g/mol. The van der Waals surface area contributed by atoms with Crippen LogP contribution in [0.3, 0.4) is 0 Å². The summed E-state index contributed by atoms with van der Waals surface area (Å²) < 4.78 is 27.6. The van der Waals surface area contributed by atoms with Gasteiger partial charge in [0.25, 0.3) is 0 Å². The molecule has 0 atom stereocenters. The molecule has 2 rings (SSSR count). The van der Waals surface area contributed by atoms with Crippen molar-refractivity contribution in [2.24, 2.45) is 0 Å². The molecule has 0 saturated heterocycles. The number of ether oxygens (including phenoxy) is 1. The molecule has 4 nitrogen and oxygen atoms in total. The Balaban J connectivity index is 2.17. The van der Waals surface area contributed by atoms with Gasteiger partial charge in [-0.05, 0) is 36.4 Å². The van der Waals surface area contributed by atoms with Gasteiger partial charge in [0.05, 0.1) is 5.30 Å². The van der Waals surface area contributed by atoms with E-state index in [1.54, 1.807) is 24.3 Å². The molecule has 0 bridgehead atoms. The molecule has 2 aromatic rings. The van der Waals surface area contributed by atoms with Crippen LogP contribution in [0.15, 0.2) is 54.6 Å². The molecule has 5 heteroatoms. The zero-order valence-corrected chi connectivity index (χ0v) is 11.7. The zero-order chi connectivity index (χ0) is 13.7. The van der Waals surface area contributed by atoms with E-state index < -0.39 is 7.60 Å². The lowest BCUT2D eigenvalue weighted by atomic mass is 10.3. The first-order chi connectivity index (χ1) is 9.18. The average Bonchev–Trinajstić information content (AvgIpc) is 2.48. The van der Waals surface area contributed by atoms with E-state index in [1.165, 1.54) is 14.2 Å². The number of hydrogen-bond acceptors (Lipinski definition) is 4. The molecule has 0 unspecified atom stereocenters. The first-order valence-electron chi connectivity index (χ1n) is 5.73. The topological polar surface area (TPSA) is 44.8 Å². The van der Waals surface area contributed by atoms with Gasteiger partial charge in [0.15, 0.2) is 0 Å². The lowest BCUT2D eigenvalue weighted by Gasteiger charge is -2.14. The van der Waals surface area contributed by atoms with Gasteiger partial charge >= 0.3 is 7.60 Å². The number of benzene rings is 2. The van der Waals surface area contributed by atoms with Crippen molar-refractivity contribution in [3.8, 4) is 11.5 Å². The third-order valence-electron chi connectivity index (χ3n) is 2.61. The van der Waals surface area contributed by atoms with E-state index in [2.05, 4.69) is 0 Å². The first-order valence-corrected chi connectivity index (χ1v) is 7.27. The van der Waals surface area contributed by atoms with Crippen molar-refractivity contribution >= 4 is 12.9 Å². The Morgan fingerprint density at radius 1 is 0.789 bits per heavy atom. The predicted molar refractivity (Wildman–Crippen MR) is 74.2 cm³/mol. The summed E-state index contributed by atoms with van der Waals surface area (Å²) in [6.07, 6.45) is 0. The highest BCUT2D eigenvalue weighted by Crippen LogP contribution is 2.45. The second-order valence-corrected chi connectivity index (χ2v) is 6.01. The van der Waals surface area contributed by atoms with Crippen LogP contribution in [0.5, 0.6) is 11.5 Å². The van der Waals surface area contributed by atoms with Crippen molar-refractivity contribution in [3.63, 3.8) is 0 Å². The maximum Gasteiger partial charge on any atom is 0.360 e. The van der Waals surface area contributed by atoms with E-state index in [0.29, 0.717) is 11.1 Å². The average molecular weight is 278 g/mol. The van der Waals surface area contributed by atoms with Crippen LogP contribution in [0.4, 0.5) is 0 Å². The Kier molecular flexibility index (Phi) is 4.38. The molecule has 0 amide bonds. The van der Waals surface area contributed by atoms with Gasteiger partial charge in [-0.2, -0.15) is 0 Å². The maximum atomic E-state index is 12.1. The molecular weight excluding hydrogens is 263 g/mol. The minimum absolute atomic E-state index is 0.498. The van der Waals surface area contributed by atoms with E-state index >= 15 is 0 Å². The molecule has 0 aliphatic heterocycles. The summed E-state index contributed by atoms with van der Waals surface area (Å²) in [6.45, 7) is 0. The molecule has 2 aromatic carbocycles. The molecule has 0 aliphatic rings. The van der Waals surface area contributed by atoms with Crippen LogP contribution >= 0.6 is 7.60 Å². The highest BCUT2D eigenvalue weighted by molar-refractivity contribution is 7.62. The maximum absolute atomic E-state index is 12.1. The molecule has 100 valence electrons. The predicted octanol–water partition coefficient (Wildman–Crippen LogP) is 3.59. The van der Waals surface area contributed by atoms with Crippen LogP contribution in [-0.2, 0) is 13.6 Å². The number of rotatable bonds is 5. The van der Waals surface area contributed by atoms with Crippen molar-refractivity contribution in [2.75, 3.05) is 14.2 Å². The van der Waals surface area contributed by atoms with Crippen LogP contribution in [0.1, 0.15) is 0 Å². The fourth-order valence-corrected chi connectivity index (χ4v) is 2.69. The molecule has 19 heavy (non-hydrogen) atoms. The Hall–Kier alpha value is -1.61. The van der Waals surface area contributed by atoms with Gasteiger partial charge in [-0.1, -0.05) is 18.2 Å². The van der Waals surface area contributed by atoms with Crippen molar-refractivity contribution in [1.82, 2.24) is 0 Å². The Labute approximate surface area is 112 Å². The quantitative estimate of drug-likeness (QED) is 0.784. The molecule has 0 fully saturated rings. The van der Waals surface area contributed by atoms with Crippen molar-refractivity contribution in [3.05, 3.63) is 54.6 Å². The number of hydrogen-bond donors (Lipinski definition) is 0. The molecular formula is C14H15O4P. The van der Waals surface area contributed by atoms with Crippen molar-refractivity contribution in [1.29, 1.82) is 0 Å².